The standard InChI is InChI=1S/C72H55NO/c1-69(2)58-21-13-11-18-48(58)54-36-62-56(38-61(54)69)52-32-41-24-27-45(30-43(41)34-59(52)70(62,3)4)73(65-22-15-20-51-49-19-12-14-23-66(49)74-68(51)65)46-28-25-42-33-53-57-39-64-55(37-63(57)71(5,6)60(53)35-44(42)31-46)50-29-26-40-16-9-10-17-47(40)67(50)72(64,7)8/h9-39H,1-8H3. The molecule has 0 aliphatic heterocycles. The van der Waals surface area contributed by atoms with Crippen LogP contribution in [0.1, 0.15) is 99.9 Å². The quantitative estimate of drug-likeness (QED) is 0.175. The van der Waals surface area contributed by atoms with Crippen LogP contribution in [0.15, 0.2) is 192 Å². The number of fused-ring (bicyclic) bond motifs is 19. The number of anilines is 3. The molecule has 0 unspecified atom stereocenters. The molecule has 4 aliphatic carbocycles. The molecule has 0 N–H and O–H groups in total. The Morgan fingerprint density at radius 3 is 1.42 bits per heavy atom. The molecular formula is C72H55NO. The first-order valence-electron chi connectivity index (χ1n) is 26.6. The van der Waals surface area contributed by atoms with Crippen molar-refractivity contribution in [1.29, 1.82) is 0 Å². The molecule has 0 atom stereocenters. The van der Waals surface area contributed by atoms with Gasteiger partial charge in [0, 0.05) is 43.8 Å². The Labute approximate surface area is 432 Å². The van der Waals surface area contributed by atoms with Crippen molar-refractivity contribution in [1.82, 2.24) is 0 Å². The van der Waals surface area contributed by atoms with Crippen molar-refractivity contribution < 1.29 is 4.42 Å². The molecule has 16 rings (SSSR count). The highest BCUT2D eigenvalue weighted by Crippen LogP contribution is 2.60. The second kappa shape index (κ2) is 13.9. The lowest BCUT2D eigenvalue weighted by Crippen LogP contribution is -2.17. The summed E-state index contributed by atoms with van der Waals surface area (Å²) in [7, 11) is 0. The van der Waals surface area contributed by atoms with Gasteiger partial charge in [-0.1, -0.05) is 159 Å². The number of benzene rings is 11. The summed E-state index contributed by atoms with van der Waals surface area (Å²) in [5, 5.41) is 9.84. The molecule has 354 valence electrons. The van der Waals surface area contributed by atoms with Crippen LogP contribution in [0.5, 0.6) is 0 Å². The minimum absolute atomic E-state index is 0.0584. The van der Waals surface area contributed by atoms with E-state index in [2.05, 4.69) is 248 Å². The van der Waals surface area contributed by atoms with Gasteiger partial charge in [-0.05, 0) is 206 Å². The summed E-state index contributed by atoms with van der Waals surface area (Å²) >= 11 is 0. The van der Waals surface area contributed by atoms with Crippen molar-refractivity contribution in [3.05, 3.63) is 233 Å². The molecule has 1 aromatic heterocycles. The monoisotopic (exact) mass is 949 g/mol. The molecule has 2 nitrogen and oxygen atoms in total. The zero-order valence-electron chi connectivity index (χ0n) is 43.3. The van der Waals surface area contributed by atoms with Gasteiger partial charge in [-0.3, -0.25) is 0 Å². The van der Waals surface area contributed by atoms with Crippen LogP contribution in [0.25, 0.3) is 98.8 Å². The summed E-state index contributed by atoms with van der Waals surface area (Å²) in [5.41, 5.74) is 26.7. The van der Waals surface area contributed by atoms with Gasteiger partial charge in [0.2, 0.25) is 0 Å². The van der Waals surface area contributed by atoms with E-state index < -0.39 is 0 Å². The summed E-state index contributed by atoms with van der Waals surface area (Å²) in [6, 6.07) is 71.8. The number of rotatable bonds is 3. The maximum atomic E-state index is 6.85. The van der Waals surface area contributed by atoms with Crippen LogP contribution in [-0.2, 0) is 21.7 Å². The van der Waals surface area contributed by atoms with Gasteiger partial charge in [0.25, 0.3) is 0 Å². The Bertz CT molecular complexity index is 4550. The summed E-state index contributed by atoms with van der Waals surface area (Å²) in [5.74, 6) is 0. The third-order valence-corrected chi connectivity index (χ3v) is 18.7. The lowest BCUT2D eigenvalue weighted by Gasteiger charge is -2.27. The summed E-state index contributed by atoms with van der Waals surface area (Å²) in [4.78, 5) is 2.43. The predicted octanol–water partition coefficient (Wildman–Crippen LogP) is 19.7. The van der Waals surface area contributed by atoms with Crippen LogP contribution in [0.2, 0.25) is 0 Å². The van der Waals surface area contributed by atoms with E-state index in [1.165, 1.54) is 121 Å². The maximum Gasteiger partial charge on any atom is 0.159 e. The van der Waals surface area contributed by atoms with E-state index in [9.17, 15) is 0 Å². The summed E-state index contributed by atoms with van der Waals surface area (Å²) in [6.07, 6.45) is 0. The molecule has 4 aliphatic rings. The highest BCUT2D eigenvalue weighted by Gasteiger charge is 2.44. The van der Waals surface area contributed by atoms with E-state index in [4.69, 9.17) is 4.42 Å². The number of hydrogen-bond acceptors (Lipinski definition) is 2. The molecule has 11 aromatic carbocycles. The van der Waals surface area contributed by atoms with Crippen LogP contribution in [0, 0.1) is 0 Å². The fourth-order valence-electron chi connectivity index (χ4n) is 14.8. The van der Waals surface area contributed by atoms with E-state index in [1.807, 2.05) is 0 Å². The second-order valence-electron chi connectivity index (χ2n) is 24.1. The van der Waals surface area contributed by atoms with Gasteiger partial charge < -0.3 is 9.32 Å². The molecule has 0 spiro atoms. The van der Waals surface area contributed by atoms with Gasteiger partial charge in [-0.25, -0.2) is 0 Å². The van der Waals surface area contributed by atoms with E-state index in [1.54, 1.807) is 0 Å². The molecule has 0 bridgehead atoms. The minimum atomic E-state index is -0.194. The molecule has 0 radical (unpaired) electrons. The summed E-state index contributed by atoms with van der Waals surface area (Å²) < 4.78 is 6.85. The number of nitrogens with zero attached hydrogens (tertiary/aromatic N) is 1. The van der Waals surface area contributed by atoms with Gasteiger partial charge in [0.1, 0.15) is 5.58 Å². The fraction of sp³-hybridized carbons (Fsp3) is 0.167. The van der Waals surface area contributed by atoms with Crippen molar-refractivity contribution in [3.63, 3.8) is 0 Å². The summed E-state index contributed by atoms with van der Waals surface area (Å²) in [6.45, 7) is 19.3. The van der Waals surface area contributed by atoms with Crippen LogP contribution >= 0.6 is 0 Å². The third kappa shape index (κ3) is 5.30. The lowest BCUT2D eigenvalue weighted by molar-refractivity contribution is 0.652. The lowest BCUT2D eigenvalue weighted by atomic mass is 9.78. The van der Waals surface area contributed by atoms with Gasteiger partial charge in [0.05, 0.1) is 5.69 Å². The SMILES string of the molecule is CC1(C)c2ccccc2-c2cc3c(cc21)-c1cc2ccc(N(c4ccc5cc6c(cc5c4)C(C)(C)c4cc5c(cc4-6)C(C)(C)c4c-5ccc5ccccc45)c4cccc5c4oc4ccccc45)cc2cc1C3(C)C. The van der Waals surface area contributed by atoms with Crippen molar-refractivity contribution in [3.8, 4) is 44.5 Å². The Balaban J connectivity index is 0.849. The maximum absolute atomic E-state index is 6.85. The smallest absolute Gasteiger partial charge is 0.159 e. The molecule has 74 heavy (non-hydrogen) atoms. The molecule has 2 heteroatoms. The van der Waals surface area contributed by atoms with Crippen LogP contribution in [-0.4, -0.2) is 0 Å². The first-order valence-corrected chi connectivity index (χ1v) is 26.6. The van der Waals surface area contributed by atoms with Gasteiger partial charge in [-0.2, -0.15) is 0 Å². The largest absolute Gasteiger partial charge is 0.454 e. The first kappa shape index (κ1) is 42.3. The predicted molar refractivity (Wildman–Crippen MR) is 311 cm³/mol. The number of hydrogen-bond donors (Lipinski definition) is 0. The Morgan fingerprint density at radius 1 is 0.297 bits per heavy atom. The van der Waals surface area contributed by atoms with E-state index >= 15 is 0 Å². The average molecular weight is 950 g/mol. The molecule has 0 fully saturated rings. The minimum Gasteiger partial charge on any atom is -0.454 e. The van der Waals surface area contributed by atoms with Gasteiger partial charge >= 0.3 is 0 Å². The molecule has 0 amide bonds. The molecule has 0 saturated heterocycles. The number of para-hydroxylation sites is 2. The first-order chi connectivity index (χ1) is 35.7. The fourth-order valence-corrected chi connectivity index (χ4v) is 14.8. The molecular weight excluding hydrogens is 895 g/mol. The van der Waals surface area contributed by atoms with Crippen LogP contribution in [0.4, 0.5) is 17.1 Å². The van der Waals surface area contributed by atoms with E-state index in [0.717, 1.165) is 39.0 Å². The van der Waals surface area contributed by atoms with Gasteiger partial charge in [0.15, 0.2) is 5.58 Å². The second-order valence-corrected chi connectivity index (χ2v) is 24.1. The van der Waals surface area contributed by atoms with Gasteiger partial charge in [-0.15, -0.1) is 0 Å². The van der Waals surface area contributed by atoms with E-state index in [0.29, 0.717) is 0 Å². The Kier molecular flexibility index (Phi) is 7.94. The van der Waals surface area contributed by atoms with Crippen molar-refractivity contribution >= 4 is 71.3 Å². The van der Waals surface area contributed by atoms with Crippen molar-refractivity contribution in [2.24, 2.45) is 0 Å². The number of furan rings is 1. The Hall–Kier alpha value is -8.20. The topological polar surface area (TPSA) is 16.4 Å². The molecule has 12 aromatic rings. The zero-order chi connectivity index (χ0) is 49.9. The molecule has 0 saturated carbocycles. The third-order valence-electron chi connectivity index (χ3n) is 18.7. The highest BCUT2D eigenvalue weighted by atomic mass is 16.3. The van der Waals surface area contributed by atoms with Crippen molar-refractivity contribution in [2.45, 2.75) is 77.0 Å². The van der Waals surface area contributed by atoms with E-state index in [-0.39, 0.29) is 21.7 Å². The van der Waals surface area contributed by atoms with Crippen LogP contribution < -0.4 is 4.90 Å². The highest BCUT2D eigenvalue weighted by molar-refractivity contribution is 6.11. The zero-order valence-corrected chi connectivity index (χ0v) is 43.3. The van der Waals surface area contributed by atoms with Crippen molar-refractivity contribution in [2.75, 3.05) is 4.90 Å². The normalized spacial score (nSPS) is 16.3. The van der Waals surface area contributed by atoms with Crippen LogP contribution in [0.3, 0.4) is 0 Å². The average Bonchev–Trinajstić information content (AvgIpc) is 4.19. The Morgan fingerprint density at radius 2 is 0.770 bits per heavy atom. The molecule has 1 heterocycles.